The Hall–Kier alpha value is -2.74. The molecular weight excluding hydrogens is 242 g/mol. The highest BCUT2D eigenvalue weighted by Gasteiger charge is 2.09. The molecular formula is C14H13N3O2. The number of fused-ring (bicyclic) bond motifs is 1. The summed E-state index contributed by atoms with van der Waals surface area (Å²) in [6.45, 7) is 0. The van der Waals surface area contributed by atoms with Gasteiger partial charge in [0.1, 0.15) is 17.4 Å². The molecule has 1 amide bonds. The largest absolute Gasteiger partial charge is 0.497 e. The van der Waals surface area contributed by atoms with Gasteiger partial charge in [0.15, 0.2) is 0 Å². The minimum atomic E-state index is -0.403. The van der Waals surface area contributed by atoms with Crippen LogP contribution in [-0.2, 0) is 4.79 Å². The number of carbonyl (C=O) groups excluding carboxylic acids is 1. The first-order valence-electron chi connectivity index (χ1n) is 5.68. The number of aromatic nitrogens is 1. The van der Waals surface area contributed by atoms with E-state index in [0.717, 1.165) is 22.2 Å². The summed E-state index contributed by atoms with van der Waals surface area (Å²) in [6, 6.07) is 7.48. The summed E-state index contributed by atoms with van der Waals surface area (Å²) < 4.78 is 5.17. The van der Waals surface area contributed by atoms with Crippen molar-refractivity contribution in [3.05, 3.63) is 35.5 Å². The lowest BCUT2D eigenvalue weighted by Gasteiger charge is -2.00. The molecule has 1 heterocycles. The topological polar surface area (TPSA) is 77.9 Å². The third-order valence-corrected chi connectivity index (χ3v) is 2.81. The maximum Gasteiger partial charge on any atom is 0.261 e. The van der Waals surface area contributed by atoms with E-state index in [1.54, 1.807) is 19.4 Å². The van der Waals surface area contributed by atoms with Gasteiger partial charge in [-0.25, -0.2) is 0 Å². The van der Waals surface area contributed by atoms with Crippen LogP contribution in [-0.4, -0.2) is 25.0 Å². The van der Waals surface area contributed by atoms with Gasteiger partial charge in [0.25, 0.3) is 5.91 Å². The summed E-state index contributed by atoms with van der Waals surface area (Å²) in [5.74, 6) is 0.319. The highest BCUT2D eigenvalue weighted by Crippen LogP contribution is 2.25. The number of hydrogen-bond donors (Lipinski definition) is 2. The minimum absolute atomic E-state index is 0.0613. The highest BCUT2D eigenvalue weighted by atomic mass is 16.5. The van der Waals surface area contributed by atoms with Crippen LogP contribution in [0, 0.1) is 11.3 Å². The van der Waals surface area contributed by atoms with Crippen LogP contribution in [0.1, 0.15) is 5.56 Å². The summed E-state index contributed by atoms with van der Waals surface area (Å²) in [5, 5.41) is 12.3. The molecule has 2 N–H and O–H groups in total. The molecule has 5 nitrogen and oxygen atoms in total. The molecule has 0 fully saturated rings. The van der Waals surface area contributed by atoms with Gasteiger partial charge in [-0.1, -0.05) is 0 Å². The number of carbonyl (C=O) groups is 1. The highest BCUT2D eigenvalue weighted by molar-refractivity contribution is 6.03. The summed E-state index contributed by atoms with van der Waals surface area (Å²) >= 11 is 0. The lowest BCUT2D eigenvalue weighted by Crippen LogP contribution is -2.19. The molecule has 0 saturated heterocycles. The summed E-state index contributed by atoms with van der Waals surface area (Å²) in [5.41, 5.74) is 1.75. The maximum absolute atomic E-state index is 11.5. The minimum Gasteiger partial charge on any atom is -0.497 e. The molecule has 1 aromatic heterocycles. The van der Waals surface area contributed by atoms with Crippen molar-refractivity contribution in [2.45, 2.75) is 0 Å². The fourth-order valence-electron chi connectivity index (χ4n) is 1.81. The smallest absolute Gasteiger partial charge is 0.261 e. The standard InChI is InChI=1S/C14H13N3O2/c1-16-14(18)9(7-15)5-10-8-17-13-4-3-11(19-2)6-12(10)13/h3-6,8,17H,1-2H3,(H,16,18). The molecule has 0 unspecified atom stereocenters. The number of nitrogens with zero attached hydrogens (tertiary/aromatic N) is 1. The van der Waals surface area contributed by atoms with Crippen LogP contribution in [0.25, 0.3) is 17.0 Å². The first kappa shape index (κ1) is 12.7. The number of nitrogens with one attached hydrogen (secondary N) is 2. The van der Waals surface area contributed by atoms with Crippen molar-refractivity contribution in [1.82, 2.24) is 10.3 Å². The number of nitriles is 1. The van der Waals surface area contributed by atoms with E-state index >= 15 is 0 Å². The van der Waals surface area contributed by atoms with E-state index in [-0.39, 0.29) is 5.57 Å². The number of methoxy groups -OCH3 is 1. The molecule has 0 aliphatic carbocycles. The maximum atomic E-state index is 11.5. The van der Waals surface area contributed by atoms with Crippen LogP contribution >= 0.6 is 0 Å². The van der Waals surface area contributed by atoms with Crippen LogP contribution in [0.5, 0.6) is 5.75 Å². The first-order chi connectivity index (χ1) is 9.19. The van der Waals surface area contributed by atoms with E-state index in [9.17, 15) is 4.79 Å². The molecule has 0 aliphatic heterocycles. The predicted octanol–water partition coefficient (Wildman–Crippen LogP) is 1.83. The Bertz CT molecular complexity index is 692. The Morgan fingerprint density at radius 2 is 2.32 bits per heavy atom. The average Bonchev–Trinajstić information content (AvgIpc) is 2.85. The second kappa shape index (κ2) is 5.27. The van der Waals surface area contributed by atoms with Crippen molar-refractivity contribution < 1.29 is 9.53 Å². The van der Waals surface area contributed by atoms with E-state index in [2.05, 4.69) is 10.3 Å². The van der Waals surface area contributed by atoms with Gasteiger partial charge in [0.05, 0.1) is 7.11 Å². The van der Waals surface area contributed by atoms with Crippen LogP contribution in [0.3, 0.4) is 0 Å². The van der Waals surface area contributed by atoms with Gasteiger partial charge in [-0.15, -0.1) is 0 Å². The zero-order valence-electron chi connectivity index (χ0n) is 10.7. The third kappa shape index (κ3) is 2.43. The van der Waals surface area contributed by atoms with Crippen molar-refractivity contribution in [2.24, 2.45) is 0 Å². The second-order valence-corrected chi connectivity index (χ2v) is 3.90. The Kier molecular flexibility index (Phi) is 3.53. The van der Waals surface area contributed by atoms with Crippen molar-refractivity contribution in [1.29, 1.82) is 5.26 Å². The molecule has 1 aromatic carbocycles. The van der Waals surface area contributed by atoms with Gasteiger partial charge < -0.3 is 15.0 Å². The number of H-pyrrole nitrogens is 1. The van der Waals surface area contributed by atoms with Crippen LogP contribution in [0.4, 0.5) is 0 Å². The van der Waals surface area contributed by atoms with Crippen molar-refractivity contribution >= 4 is 22.9 Å². The molecule has 0 atom stereocenters. The normalized spacial score (nSPS) is 11.1. The van der Waals surface area contributed by atoms with Crippen LogP contribution < -0.4 is 10.1 Å². The zero-order valence-corrected chi connectivity index (χ0v) is 10.7. The molecule has 19 heavy (non-hydrogen) atoms. The van der Waals surface area contributed by atoms with Gasteiger partial charge in [-0.2, -0.15) is 5.26 Å². The second-order valence-electron chi connectivity index (χ2n) is 3.90. The van der Waals surface area contributed by atoms with Gasteiger partial charge in [0.2, 0.25) is 0 Å². The Balaban J connectivity index is 2.54. The van der Waals surface area contributed by atoms with Crippen molar-refractivity contribution in [3.63, 3.8) is 0 Å². The fourth-order valence-corrected chi connectivity index (χ4v) is 1.81. The monoisotopic (exact) mass is 255 g/mol. The van der Waals surface area contributed by atoms with E-state index in [1.807, 2.05) is 24.3 Å². The molecule has 0 saturated carbocycles. The van der Waals surface area contributed by atoms with E-state index in [4.69, 9.17) is 10.00 Å². The molecule has 96 valence electrons. The van der Waals surface area contributed by atoms with Crippen molar-refractivity contribution in [2.75, 3.05) is 14.2 Å². The summed E-state index contributed by atoms with van der Waals surface area (Å²) in [7, 11) is 3.08. The van der Waals surface area contributed by atoms with E-state index < -0.39 is 5.91 Å². The number of hydrogen-bond acceptors (Lipinski definition) is 3. The molecule has 2 rings (SSSR count). The van der Waals surface area contributed by atoms with E-state index in [1.165, 1.54) is 7.05 Å². The number of rotatable bonds is 3. The number of benzene rings is 1. The molecule has 0 spiro atoms. The molecule has 5 heteroatoms. The Morgan fingerprint density at radius 1 is 1.53 bits per heavy atom. The van der Waals surface area contributed by atoms with Gasteiger partial charge in [-0.05, 0) is 24.3 Å². The molecule has 0 bridgehead atoms. The zero-order chi connectivity index (χ0) is 13.8. The third-order valence-electron chi connectivity index (χ3n) is 2.81. The Morgan fingerprint density at radius 3 is 2.95 bits per heavy atom. The predicted molar refractivity (Wildman–Crippen MR) is 72.5 cm³/mol. The summed E-state index contributed by atoms with van der Waals surface area (Å²) in [4.78, 5) is 14.6. The summed E-state index contributed by atoms with van der Waals surface area (Å²) in [6.07, 6.45) is 3.31. The number of likely N-dealkylation sites (N-methyl/N-ethyl adjacent to an activating group) is 1. The number of aromatic amines is 1. The lowest BCUT2D eigenvalue weighted by molar-refractivity contribution is -0.116. The number of ether oxygens (including phenoxy) is 1. The first-order valence-corrected chi connectivity index (χ1v) is 5.68. The molecule has 0 aliphatic rings. The van der Waals surface area contributed by atoms with E-state index in [0.29, 0.717) is 0 Å². The molecule has 2 aromatic rings. The average molecular weight is 255 g/mol. The molecule has 0 radical (unpaired) electrons. The number of amides is 1. The van der Waals surface area contributed by atoms with Gasteiger partial charge in [-0.3, -0.25) is 4.79 Å². The van der Waals surface area contributed by atoms with Crippen LogP contribution in [0.2, 0.25) is 0 Å². The van der Waals surface area contributed by atoms with Gasteiger partial charge >= 0.3 is 0 Å². The Labute approximate surface area is 110 Å². The van der Waals surface area contributed by atoms with Crippen molar-refractivity contribution in [3.8, 4) is 11.8 Å². The quantitative estimate of drug-likeness (QED) is 0.648. The van der Waals surface area contributed by atoms with Gasteiger partial charge in [0, 0.05) is 29.7 Å². The SMILES string of the molecule is CNC(=O)C(C#N)=Cc1c[nH]c2ccc(OC)cc12. The van der Waals surface area contributed by atoms with Crippen LogP contribution in [0.15, 0.2) is 30.0 Å². The lowest BCUT2D eigenvalue weighted by atomic mass is 10.1. The fraction of sp³-hybridized carbons (Fsp3) is 0.143.